The second-order valence-electron chi connectivity index (χ2n) is 4.21. The van der Waals surface area contributed by atoms with Crippen molar-refractivity contribution >= 4 is 11.8 Å². The average Bonchev–Trinajstić information content (AvgIpc) is 2.39. The van der Waals surface area contributed by atoms with Crippen molar-refractivity contribution in [1.29, 1.82) is 0 Å². The molecule has 1 aliphatic heterocycles. The van der Waals surface area contributed by atoms with E-state index in [4.69, 9.17) is 5.11 Å². The first kappa shape index (κ1) is 11.9. The zero-order valence-corrected chi connectivity index (χ0v) is 9.54. The number of aliphatic hydroxyl groups is 1. The second-order valence-corrected chi connectivity index (χ2v) is 4.21. The predicted molar refractivity (Wildman–Crippen MR) is 63.3 cm³/mol. The van der Waals surface area contributed by atoms with Crippen molar-refractivity contribution < 1.29 is 15.0 Å². The summed E-state index contributed by atoms with van der Waals surface area (Å²) < 4.78 is 0. The van der Waals surface area contributed by atoms with E-state index >= 15 is 0 Å². The van der Waals surface area contributed by atoms with E-state index in [1.54, 1.807) is 12.1 Å². The number of rotatable bonds is 3. The SMILES string of the molecule is O=C(O)c1cccc(N2CCCCC2CO)n1. The average molecular weight is 236 g/mol. The summed E-state index contributed by atoms with van der Waals surface area (Å²) in [5, 5.41) is 18.2. The molecule has 5 heteroatoms. The minimum Gasteiger partial charge on any atom is -0.477 e. The Bertz CT molecular complexity index is 408. The lowest BCUT2D eigenvalue weighted by molar-refractivity contribution is 0.0690. The zero-order chi connectivity index (χ0) is 12.3. The lowest BCUT2D eigenvalue weighted by atomic mass is 10.0. The van der Waals surface area contributed by atoms with E-state index in [0.717, 1.165) is 25.8 Å². The molecule has 1 aliphatic rings. The molecule has 17 heavy (non-hydrogen) atoms. The number of carboxylic acid groups (broad SMARTS) is 1. The molecule has 92 valence electrons. The van der Waals surface area contributed by atoms with Crippen molar-refractivity contribution in [2.24, 2.45) is 0 Å². The second kappa shape index (κ2) is 5.14. The first-order valence-corrected chi connectivity index (χ1v) is 5.80. The highest BCUT2D eigenvalue weighted by atomic mass is 16.4. The number of aromatic carboxylic acids is 1. The number of carbonyl (C=O) groups is 1. The molecule has 5 nitrogen and oxygen atoms in total. The first-order valence-electron chi connectivity index (χ1n) is 5.80. The van der Waals surface area contributed by atoms with Gasteiger partial charge in [0.25, 0.3) is 0 Å². The highest BCUT2D eigenvalue weighted by molar-refractivity contribution is 5.85. The summed E-state index contributed by atoms with van der Waals surface area (Å²) in [6, 6.07) is 5.01. The van der Waals surface area contributed by atoms with Crippen LogP contribution in [-0.4, -0.2) is 40.4 Å². The van der Waals surface area contributed by atoms with E-state index < -0.39 is 5.97 Å². The van der Waals surface area contributed by atoms with E-state index in [1.165, 1.54) is 6.07 Å². The number of nitrogens with zero attached hydrogens (tertiary/aromatic N) is 2. The summed E-state index contributed by atoms with van der Waals surface area (Å²) in [5.74, 6) is -0.381. The molecule has 0 amide bonds. The normalized spacial score (nSPS) is 20.3. The molecule has 0 saturated carbocycles. The van der Waals surface area contributed by atoms with Crippen molar-refractivity contribution in [1.82, 2.24) is 4.98 Å². The molecule has 2 rings (SSSR count). The molecule has 0 radical (unpaired) electrons. The molecular weight excluding hydrogens is 220 g/mol. The van der Waals surface area contributed by atoms with Gasteiger partial charge in [-0.1, -0.05) is 6.07 Å². The number of aromatic nitrogens is 1. The van der Waals surface area contributed by atoms with Crippen LogP contribution in [0.3, 0.4) is 0 Å². The number of piperidine rings is 1. The number of hydrogen-bond acceptors (Lipinski definition) is 4. The smallest absolute Gasteiger partial charge is 0.354 e. The fraction of sp³-hybridized carbons (Fsp3) is 0.500. The van der Waals surface area contributed by atoms with Crippen LogP contribution < -0.4 is 4.90 Å². The monoisotopic (exact) mass is 236 g/mol. The molecule has 1 aromatic heterocycles. The molecule has 1 unspecified atom stereocenters. The predicted octanol–water partition coefficient (Wildman–Crippen LogP) is 1.13. The van der Waals surface area contributed by atoms with Crippen LogP contribution in [0.4, 0.5) is 5.82 Å². The van der Waals surface area contributed by atoms with Gasteiger partial charge in [0, 0.05) is 6.54 Å². The maximum absolute atomic E-state index is 10.9. The molecule has 0 aliphatic carbocycles. The third-order valence-electron chi connectivity index (χ3n) is 3.09. The minimum atomic E-state index is -1.02. The third kappa shape index (κ3) is 2.55. The van der Waals surface area contributed by atoms with Gasteiger partial charge in [0.1, 0.15) is 5.82 Å². The fourth-order valence-corrected chi connectivity index (χ4v) is 2.19. The van der Waals surface area contributed by atoms with E-state index in [1.807, 2.05) is 4.90 Å². The van der Waals surface area contributed by atoms with Crippen LogP contribution in [0.1, 0.15) is 29.8 Å². The van der Waals surface area contributed by atoms with Crippen LogP contribution in [0, 0.1) is 0 Å². The van der Waals surface area contributed by atoms with E-state index in [-0.39, 0.29) is 18.3 Å². The van der Waals surface area contributed by atoms with Gasteiger partial charge in [-0.15, -0.1) is 0 Å². The van der Waals surface area contributed by atoms with Gasteiger partial charge in [-0.2, -0.15) is 0 Å². The van der Waals surface area contributed by atoms with Crippen LogP contribution >= 0.6 is 0 Å². The Morgan fingerprint density at radius 2 is 2.29 bits per heavy atom. The summed E-state index contributed by atoms with van der Waals surface area (Å²) in [6.45, 7) is 0.903. The third-order valence-corrected chi connectivity index (χ3v) is 3.09. The lowest BCUT2D eigenvalue weighted by Gasteiger charge is -2.35. The molecule has 1 aromatic rings. The van der Waals surface area contributed by atoms with Gasteiger partial charge < -0.3 is 15.1 Å². The van der Waals surface area contributed by atoms with Gasteiger partial charge in [-0.3, -0.25) is 0 Å². The topological polar surface area (TPSA) is 73.7 Å². The van der Waals surface area contributed by atoms with Crippen LogP contribution in [0.15, 0.2) is 18.2 Å². The van der Waals surface area contributed by atoms with Crippen molar-refractivity contribution in [3.63, 3.8) is 0 Å². The Kier molecular flexibility index (Phi) is 3.58. The van der Waals surface area contributed by atoms with Gasteiger partial charge in [-0.25, -0.2) is 9.78 Å². The summed E-state index contributed by atoms with van der Waals surface area (Å²) in [6.07, 6.45) is 3.07. The number of pyridine rings is 1. The van der Waals surface area contributed by atoms with Crippen molar-refractivity contribution in [3.8, 4) is 0 Å². The standard InChI is InChI=1S/C12H16N2O3/c15-8-9-4-1-2-7-14(9)11-6-3-5-10(13-11)12(16)17/h3,5-6,9,15H,1-2,4,7-8H2,(H,16,17). The molecule has 2 heterocycles. The molecule has 1 saturated heterocycles. The van der Waals surface area contributed by atoms with Gasteiger partial charge in [-0.05, 0) is 31.4 Å². The van der Waals surface area contributed by atoms with Gasteiger partial charge in [0.05, 0.1) is 12.6 Å². The molecule has 0 spiro atoms. The van der Waals surface area contributed by atoms with E-state index in [9.17, 15) is 9.90 Å². The number of hydrogen-bond donors (Lipinski definition) is 2. The molecule has 1 fully saturated rings. The number of carboxylic acids is 1. The summed E-state index contributed by atoms with van der Waals surface area (Å²) in [7, 11) is 0. The lowest BCUT2D eigenvalue weighted by Crippen LogP contribution is -2.42. The van der Waals surface area contributed by atoms with Crippen LogP contribution in [-0.2, 0) is 0 Å². The zero-order valence-electron chi connectivity index (χ0n) is 9.54. The Hall–Kier alpha value is -1.62. The summed E-state index contributed by atoms with van der Waals surface area (Å²) in [4.78, 5) is 17.0. The van der Waals surface area contributed by atoms with Crippen molar-refractivity contribution in [2.75, 3.05) is 18.1 Å². The number of anilines is 1. The Morgan fingerprint density at radius 3 is 3.00 bits per heavy atom. The quantitative estimate of drug-likeness (QED) is 0.823. The first-order chi connectivity index (χ1) is 8.22. The van der Waals surface area contributed by atoms with E-state index in [0.29, 0.717) is 5.82 Å². The molecule has 0 bridgehead atoms. The number of aliphatic hydroxyl groups excluding tert-OH is 1. The van der Waals surface area contributed by atoms with Crippen LogP contribution in [0.5, 0.6) is 0 Å². The van der Waals surface area contributed by atoms with Crippen LogP contribution in [0.2, 0.25) is 0 Å². The maximum Gasteiger partial charge on any atom is 0.354 e. The summed E-state index contributed by atoms with van der Waals surface area (Å²) in [5.41, 5.74) is 0.0461. The highest BCUT2D eigenvalue weighted by Gasteiger charge is 2.23. The Balaban J connectivity index is 2.25. The Morgan fingerprint density at radius 1 is 1.47 bits per heavy atom. The molecular formula is C12H16N2O3. The molecule has 2 N–H and O–H groups in total. The van der Waals surface area contributed by atoms with Crippen molar-refractivity contribution in [2.45, 2.75) is 25.3 Å². The van der Waals surface area contributed by atoms with Gasteiger partial charge in [0.2, 0.25) is 0 Å². The maximum atomic E-state index is 10.9. The highest BCUT2D eigenvalue weighted by Crippen LogP contribution is 2.23. The van der Waals surface area contributed by atoms with Gasteiger partial charge in [0.15, 0.2) is 5.69 Å². The molecule has 0 aromatic carbocycles. The Labute approximate surface area is 99.7 Å². The van der Waals surface area contributed by atoms with Crippen molar-refractivity contribution in [3.05, 3.63) is 23.9 Å². The van der Waals surface area contributed by atoms with Crippen LogP contribution in [0.25, 0.3) is 0 Å². The summed E-state index contributed by atoms with van der Waals surface area (Å²) >= 11 is 0. The van der Waals surface area contributed by atoms with E-state index in [2.05, 4.69) is 4.98 Å². The van der Waals surface area contributed by atoms with Gasteiger partial charge >= 0.3 is 5.97 Å². The fourth-order valence-electron chi connectivity index (χ4n) is 2.19. The largest absolute Gasteiger partial charge is 0.477 e. The minimum absolute atomic E-state index is 0.0461. The molecule has 1 atom stereocenters.